The van der Waals surface area contributed by atoms with E-state index in [0.29, 0.717) is 0 Å². The van der Waals surface area contributed by atoms with Crippen LogP contribution in [0.15, 0.2) is 29.2 Å². The van der Waals surface area contributed by atoms with Crippen molar-refractivity contribution < 1.29 is 13.9 Å². The summed E-state index contributed by atoms with van der Waals surface area (Å²) in [5.41, 5.74) is 0. The van der Waals surface area contributed by atoms with Gasteiger partial charge in [-0.25, -0.2) is 0 Å². The van der Waals surface area contributed by atoms with Crippen molar-refractivity contribution in [3.8, 4) is 0 Å². The lowest BCUT2D eigenvalue weighted by atomic mass is 10.4. The number of hydrogen-bond acceptors (Lipinski definition) is 4. The minimum atomic E-state index is -0.992. The summed E-state index contributed by atoms with van der Waals surface area (Å²) in [7, 11) is 3.23. The first kappa shape index (κ1) is 12.7. The molecule has 0 fully saturated rings. The summed E-state index contributed by atoms with van der Waals surface area (Å²) in [4.78, 5) is 0.908. The second kappa shape index (κ2) is 5.67. The van der Waals surface area contributed by atoms with Gasteiger partial charge in [-0.15, -0.1) is 12.6 Å². The molecule has 0 N–H and O–H groups in total. The molecule has 0 amide bonds. The molecule has 0 bridgehead atoms. The molecule has 0 aromatic heterocycles. The SMILES string of the molecule is COC(C)(OC)O[Si]c1ccccc1S. The van der Waals surface area contributed by atoms with E-state index in [1.54, 1.807) is 21.1 Å². The molecule has 0 aliphatic rings. The highest BCUT2D eigenvalue weighted by molar-refractivity contribution is 7.80. The number of methoxy groups -OCH3 is 2. The zero-order chi connectivity index (χ0) is 11.3. The first-order valence-corrected chi connectivity index (χ1v) is 5.79. The van der Waals surface area contributed by atoms with Gasteiger partial charge in [0.1, 0.15) is 0 Å². The third kappa shape index (κ3) is 3.62. The smallest absolute Gasteiger partial charge is 0.277 e. The highest BCUT2D eigenvalue weighted by Crippen LogP contribution is 2.11. The first-order chi connectivity index (χ1) is 7.11. The Kier molecular flexibility index (Phi) is 4.81. The quantitative estimate of drug-likeness (QED) is 0.478. The summed E-state index contributed by atoms with van der Waals surface area (Å²) in [6, 6.07) is 7.77. The zero-order valence-electron chi connectivity index (χ0n) is 8.98. The predicted molar refractivity (Wildman–Crippen MR) is 62.6 cm³/mol. The third-order valence-corrected chi connectivity index (χ3v) is 3.72. The van der Waals surface area contributed by atoms with Crippen molar-refractivity contribution in [2.75, 3.05) is 14.2 Å². The summed E-state index contributed by atoms with van der Waals surface area (Å²) in [6.07, 6.45) is 0. The fourth-order valence-corrected chi connectivity index (χ4v) is 1.99. The van der Waals surface area contributed by atoms with Crippen molar-refractivity contribution in [1.29, 1.82) is 0 Å². The molecule has 0 saturated heterocycles. The summed E-state index contributed by atoms with van der Waals surface area (Å²) >= 11 is 4.33. The molecule has 0 aliphatic carbocycles. The van der Waals surface area contributed by atoms with Gasteiger partial charge >= 0.3 is 0 Å². The molecule has 1 rings (SSSR count). The summed E-state index contributed by atoms with van der Waals surface area (Å²) < 4.78 is 15.7. The fraction of sp³-hybridized carbons (Fsp3) is 0.400. The van der Waals surface area contributed by atoms with Crippen molar-refractivity contribution in [2.24, 2.45) is 0 Å². The fourth-order valence-electron chi connectivity index (χ4n) is 0.874. The number of benzene rings is 1. The Labute approximate surface area is 98.1 Å². The molecule has 1 aromatic carbocycles. The summed E-state index contributed by atoms with van der Waals surface area (Å²) in [6.45, 7) is 1.72. The Hall–Kier alpha value is -0.333. The van der Waals surface area contributed by atoms with Crippen LogP contribution in [0.3, 0.4) is 0 Å². The second-order valence-electron chi connectivity index (χ2n) is 2.99. The van der Waals surface area contributed by atoms with E-state index in [-0.39, 0.29) is 9.76 Å². The van der Waals surface area contributed by atoms with Crippen molar-refractivity contribution in [2.45, 2.75) is 17.8 Å². The van der Waals surface area contributed by atoms with Crippen LogP contribution in [0.25, 0.3) is 0 Å². The van der Waals surface area contributed by atoms with E-state index < -0.39 is 5.97 Å². The Morgan fingerprint density at radius 2 is 1.80 bits per heavy atom. The monoisotopic (exact) mass is 242 g/mol. The summed E-state index contributed by atoms with van der Waals surface area (Å²) in [5, 5.41) is 1.03. The van der Waals surface area contributed by atoms with Gasteiger partial charge in [-0.3, -0.25) is 0 Å². The Morgan fingerprint density at radius 1 is 1.20 bits per heavy atom. The molecule has 0 saturated carbocycles. The van der Waals surface area contributed by atoms with Gasteiger partial charge in [-0.2, -0.15) is 0 Å². The van der Waals surface area contributed by atoms with Crippen LogP contribution < -0.4 is 5.19 Å². The number of hydrogen-bond donors (Lipinski definition) is 1. The van der Waals surface area contributed by atoms with Crippen LogP contribution in [-0.2, 0) is 13.9 Å². The molecule has 0 heterocycles. The molecule has 0 unspecified atom stereocenters. The Morgan fingerprint density at radius 3 is 2.33 bits per heavy atom. The van der Waals surface area contributed by atoms with Crippen molar-refractivity contribution in [3.63, 3.8) is 0 Å². The van der Waals surface area contributed by atoms with Gasteiger partial charge in [0.2, 0.25) is 0 Å². The van der Waals surface area contributed by atoms with Gasteiger partial charge in [0.05, 0.1) is 0 Å². The third-order valence-electron chi connectivity index (χ3n) is 1.99. The lowest BCUT2D eigenvalue weighted by Gasteiger charge is -2.26. The van der Waals surface area contributed by atoms with E-state index in [9.17, 15) is 0 Å². The second-order valence-corrected chi connectivity index (χ2v) is 4.42. The topological polar surface area (TPSA) is 27.7 Å². The Bertz CT molecular complexity index is 315. The molecule has 3 nitrogen and oxygen atoms in total. The van der Waals surface area contributed by atoms with Crippen LogP contribution in [0.1, 0.15) is 6.92 Å². The molecule has 15 heavy (non-hydrogen) atoms. The highest BCUT2D eigenvalue weighted by Gasteiger charge is 2.24. The standard InChI is InChI=1S/C10H14O3SSi/c1-10(11-2,12-3)13-15-9-7-5-4-6-8(9)14/h4-7,14H,1-3H3. The predicted octanol–water partition coefficient (Wildman–Crippen LogP) is 1.20. The van der Waals surface area contributed by atoms with Crippen molar-refractivity contribution in [3.05, 3.63) is 24.3 Å². The lowest BCUT2D eigenvalue weighted by molar-refractivity contribution is -0.310. The molecule has 5 heteroatoms. The molecule has 0 aliphatic heterocycles. The highest BCUT2D eigenvalue weighted by atomic mass is 32.1. The van der Waals surface area contributed by atoms with Crippen LogP contribution in [-0.4, -0.2) is 30.0 Å². The molecular weight excluding hydrogens is 228 g/mol. The first-order valence-electron chi connectivity index (χ1n) is 4.43. The van der Waals surface area contributed by atoms with Crippen LogP contribution in [0, 0.1) is 0 Å². The van der Waals surface area contributed by atoms with Gasteiger partial charge in [-0.1, -0.05) is 18.2 Å². The van der Waals surface area contributed by atoms with E-state index in [4.69, 9.17) is 13.9 Å². The van der Waals surface area contributed by atoms with Crippen molar-refractivity contribution >= 4 is 27.6 Å². The van der Waals surface area contributed by atoms with Crippen LogP contribution in [0.4, 0.5) is 0 Å². The minimum Gasteiger partial charge on any atom is -0.363 e. The molecule has 0 atom stereocenters. The Balaban J connectivity index is 2.61. The maximum atomic E-state index is 5.53. The maximum absolute atomic E-state index is 5.53. The number of thiol groups is 1. The zero-order valence-corrected chi connectivity index (χ0v) is 10.9. The van der Waals surface area contributed by atoms with Gasteiger partial charge in [0, 0.05) is 26.0 Å². The number of rotatable bonds is 5. The van der Waals surface area contributed by atoms with Gasteiger partial charge in [0.25, 0.3) is 15.7 Å². The van der Waals surface area contributed by atoms with E-state index in [1.165, 1.54) is 0 Å². The normalized spacial score (nSPS) is 11.7. The van der Waals surface area contributed by atoms with Gasteiger partial charge < -0.3 is 13.9 Å². The lowest BCUT2D eigenvalue weighted by Crippen LogP contribution is -2.38. The van der Waals surface area contributed by atoms with Crippen molar-refractivity contribution in [1.82, 2.24) is 0 Å². The van der Waals surface area contributed by atoms with E-state index in [0.717, 1.165) is 10.1 Å². The molecule has 2 radical (unpaired) electrons. The largest absolute Gasteiger partial charge is 0.363 e. The van der Waals surface area contributed by atoms with Crippen LogP contribution in [0.5, 0.6) is 0 Å². The molecule has 82 valence electrons. The maximum Gasteiger partial charge on any atom is 0.277 e. The van der Waals surface area contributed by atoms with Gasteiger partial charge in [-0.05, 0) is 11.3 Å². The average Bonchev–Trinajstić information content (AvgIpc) is 2.28. The summed E-state index contributed by atoms with van der Waals surface area (Å²) in [5.74, 6) is -0.992. The average molecular weight is 242 g/mol. The number of ether oxygens (including phenoxy) is 2. The minimum absolute atomic E-state index is 0.142. The van der Waals surface area contributed by atoms with E-state index in [2.05, 4.69) is 12.6 Å². The van der Waals surface area contributed by atoms with Gasteiger partial charge in [0.15, 0.2) is 0 Å². The van der Waals surface area contributed by atoms with Crippen LogP contribution in [0.2, 0.25) is 0 Å². The van der Waals surface area contributed by atoms with E-state index >= 15 is 0 Å². The van der Waals surface area contributed by atoms with Crippen LogP contribution >= 0.6 is 12.6 Å². The molecule has 1 aromatic rings. The van der Waals surface area contributed by atoms with E-state index in [1.807, 2.05) is 24.3 Å². The molecular formula is C10H14O3SSi. The molecule has 0 spiro atoms.